The van der Waals surface area contributed by atoms with Gasteiger partial charge < -0.3 is 19.5 Å². The summed E-state index contributed by atoms with van der Waals surface area (Å²) < 4.78 is 16.3. The Balaban J connectivity index is 2.56. The highest BCUT2D eigenvalue weighted by molar-refractivity contribution is 4.91. The maximum Gasteiger partial charge on any atom is 0.0971 e. The molecule has 1 aliphatic heterocycles. The molecule has 1 N–H and O–H groups in total. The number of ether oxygens (including phenoxy) is 3. The Morgan fingerprint density at radius 3 is 2.00 bits per heavy atom. The predicted molar refractivity (Wildman–Crippen MR) is 76.6 cm³/mol. The molecule has 1 heterocycles. The van der Waals surface area contributed by atoms with E-state index >= 15 is 0 Å². The Kier molecular flexibility index (Phi) is 6.69. The highest BCUT2D eigenvalue weighted by atomic mass is 16.5. The quantitative estimate of drug-likeness (QED) is 0.741. The first-order valence-corrected chi connectivity index (χ1v) is 6.95. The Morgan fingerprint density at radius 1 is 1.11 bits per heavy atom. The highest BCUT2D eigenvalue weighted by Crippen LogP contribution is 2.18. The van der Waals surface area contributed by atoms with Gasteiger partial charge in [0.2, 0.25) is 0 Å². The molecule has 1 saturated heterocycles. The second-order valence-electron chi connectivity index (χ2n) is 6.24. The summed E-state index contributed by atoms with van der Waals surface area (Å²) in [7, 11) is 5.25. The lowest BCUT2D eigenvalue weighted by Crippen LogP contribution is -2.49. The summed E-state index contributed by atoms with van der Waals surface area (Å²) in [6.07, 6.45) is 0.304. The first-order valence-electron chi connectivity index (χ1n) is 6.95. The Labute approximate surface area is 117 Å². The van der Waals surface area contributed by atoms with Crippen LogP contribution >= 0.6 is 0 Å². The number of likely N-dealkylation sites (tertiary alicyclic amines) is 1. The number of rotatable bonds is 7. The zero-order valence-corrected chi connectivity index (χ0v) is 13.2. The van der Waals surface area contributed by atoms with Gasteiger partial charge in [0.1, 0.15) is 0 Å². The molecule has 5 heteroatoms. The number of methoxy groups -OCH3 is 3. The lowest BCUT2D eigenvalue weighted by atomic mass is 10.1. The Hall–Kier alpha value is -0.200. The van der Waals surface area contributed by atoms with E-state index in [4.69, 9.17) is 14.2 Å². The summed E-state index contributed by atoms with van der Waals surface area (Å²) in [5.41, 5.74) is 0.118. The Morgan fingerprint density at radius 2 is 1.63 bits per heavy atom. The number of nitrogens with zero attached hydrogens (tertiary/aromatic N) is 1. The molecule has 0 spiro atoms. The highest BCUT2D eigenvalue weighted by Gasteiger charge is 2.36. The average Bonchev–Trinajstić information content (AvgIpc) is 2.76. The first kappa shape index (κ1) is 16.9. The molecule has 114 valence electrons. The molecule has 0 aromatic rings. The van der Waals surface area contributed by atoms with Crippen molar-refractivity contribution in [3.63, 3.8) is 0 Å². The van der Waals surface area contributed by atoms with Crippen molar-refractivity contribution in [3.8, 4) is 0 Å². The van der Waals surface area contributed by atoms with E-state index < -0.39 is 0 Å². The summed E-state index contributed by atoms with van der Waals surface area (Å²) >= 11 is 0. The van der Waals surface area contributed by atoms with Crippen molar-refractivity contribution >= 4 is 0 Å². The van der Waals surface area contributed by atoms with Crippen molar-refractivity contribution in [2.75, 3.05) is 47.6 Å². The molecule has 0 aromatic carbocycles. The Bertz CT molecular complexity index is 244. The molecule has 1 aliphatic rings. The van der Waals surface area contributed by atoms with E-state index in [0.29, 0.717) is 6.04 Å². The molecule has 0 aromatic heterocycles. The number of hydrogen-bond donors (Lipinski definition) is 1. The second-order valence-corrected chi connectivity index (χ2v) is 6.24. The van der Waals surface area contributed by atoms with E-state index in [2.05, 4.69) is 31.0 Å². The molecule has 5 nitrogen and oxygen atoms in total. The van der Waals surface area contributed by atoms with Crippen molar-refractivity contribution < 1.29 is 14.2 Å². The molecule has 1 rings (SSSR count). The van der Waals surface area contributed by atoms with Gasteiger partial charge in [-0.2, -0.15) is 0 Å². The van der Waals surface area contributed by atoms with Gasteiger partial charge in [-0.1, -0.05) is 0 Å². The van der Waals surface area contributed by atoms with Gasteiger partial charge in [0.25, 0.3) is 0 Å². The van der Waals surface area contributed by atoms with Crippen LogP contribution in [0.2, 0.25) is 0 Å². The van der Waals surface area contributed by atoms with Gasteiger partial charge in [-0.3, -0.25) is 4.90 Å². The number of nitrogens with one attached hydrogen (secondary N) is 1. The van der Waals surface area contributed by atoms with Gasteiger partial charge >= 0.3 is 0 Å². The van der Waals surface area contributed by atoms with Crippen LogP contribution < -0.4 is 5.32 Å². The molecule has 0 bridgehead atoms. The van der Waals surface area contributed by atoms with Crippen molar-refractivity contribution in [3.05, 3.63) is 0 Å². The lowest BCUT2D eigenvalue weighted by Gasteiger charge is -2.31. The predicted octanol–water partition coefficient (Wildman–Crippen LogP) is 0.735. The van der Waals surface area contributed by atoms with Crippen LogP contribution in [0.15, 0.2) is 0 Å². The van der Waals surface area contributed by atoms with Crippen LogP contribution in [0.4, 0.5) is 0 Å². The van der Waals surface area contributed by atoms with Crippen LogP contribution in [0.5, 0.6) is 0 Å². The summed E-state index contributed by atoms with van der Waals surface area (Å²) in [6, 6.07) is 0.349. The second kappa shape index (κ2) is 7.55. The smallest absolute Gasteiger partial charge is 0.0971 e. The molecule has 0 saturated carbocycles. The first-order chi connectivity index (χ1) is 8.91. The normalized spacial score (nSPS) is 26.8. The third-order valence-corrected chi connectivity index (χ3v) is 3.59. The van der Waals surface area contributed by atoms with Crippen molar-refractivity contribution in [1.82, 2.24) is 10.2 Å². The topological polar surface area (TPSA) is 43.0 Å². The fraction of sp³-hybridized carbons (Fsp3) is 1.00. The average molecular weight is 274 g/mol. The van der Waals surface area contributed by atoms with E-state index in [-0.39, 0.29) is 17.7 Å². The fourth-order valence-electron chi connectivity index (χ4n) is 2.43. The van der Waals surface area contributed by atoms with E-state index in [1.807, 2.05) is 0 Å². The minimum absolute atomic E-state index is 0.118. The van der Waals surface area contributed by atoms with Gasteiger partial charge in [0, 0.05) is 52.5 Å². The van der Waals surface area contributed by atoms with Crippen molar-refractivity contribution in [1.29, 1.82) is 0 Å². The van der Waals surface area contributed by atoms with Gasteiger partial charge in [-0.15, -0.1) is 0 Å². The molecular weight excluding hydrogens is 244 g/mol. The summed E-state index contributed by atoms with van der Waals surface area (Å²) in [6.45, 7) is 9.95. The van der Waals surface area contributed by atoms with Crippen LogP contribution in [0.3, 0.4) is 0 Å². The SMILES string of the molecule is COCC(CNC(C)(C)C)N1CC(OC)C(OC)C1. The summed E-state index contributed by atoms with van der Waals surface area (Å²) in [5, 5.41) is 3.55. The molecule has 3 unspecified atom stereocenters. The summed E-state index contributed by atoms with van der Waals surface area (Å²) in [4.78, 5) is 2.39. The molecule has 0 aliphatic carbocycles. The zero-order chi connectivity index (χ0) is 14.5. The van der Waals surface area contributed by atoms with Gasteiger partial charge in [-0.25, -0.2) is 0 Å². The third kappa shape index (κ3) is 5.36. The fourth-order valence-corrected chi connectivity index (χ4v) is 2.43. The van der Waals surface area contributed by atoms with Gasteiger partial charge in [0.05, 0.1) is 18.8 Å². The molecule has 0 amide bonds. The third-order valence-electron chi connectivity index (χ3n) is 3.59. The van der Waals surface area contributed by atoms with Gasteiger partial charge in [0.15, 0.2) is 0 Å². The number of hydrogen-bond acceptors (Lipinski definition) is 5. The maximum absolute atomic E-state index is 5.49. The van der Waals surface area contributed by atoms with E-state index in [0.717, 1.165) is 26.2 Å². The van der Waals surface area contributed by atoms with E-state index in [9.17, 15) is 0 Å². The minimum atomic E-state index is 0.118. The molecule has 19 heavy (non-hydrogen) atoms. The zero-order valence-electron chi connectivity index (χ0n) is 13.2. The maximum atomic E-state index is 5.49. The van der Waals surface area contributed by atoms with Crippen LogP contribution in [-0.2, 0) is 14.2 Å². The minimum Gasteiger partial charge on any atom is -0.383 e. The molecule has 3 atom stereocenters. The van der Waals surface area contributed by atoms with Crippen LogP contribution in [0.1, 0.15) is 20.8 Å². The molecule has 0 radical (unpaired) electrons. The van der Waals surface area contributed by atoms with Crippen LogP contribution in [0, 0.1) is 0 Å². The van der Waals surface area contributed by atoms with E-state index in [1.165, 1.54) is 0 Å². The molecular formula is C14H30N2O3. The molecule has 1 fully saturated rings. The van der Waals surface area contributed by atoms with Crippen LogP contribution in [0.25, 0.3) is 0 Å². The van der Waals surface area contributed by atoms with E-state index in [1.54, 1.807) is 21.3 Å². The summed E-state index contributed by atoms with van der Waals surface area (Å²) in [5.74, 6) is 0. The standard InChI is InChI=1S/C14H30N2O3/c1-14(2,3)15-7-11(10-17-4)16-8-12(18-5)13(9-16)19-6/h11-13,15H,7-10H2,1-6H3. The van der Waals surface area contributed by atoms with Crippen LogP contribution in [-0.4, -0.2) is 76.3 Å². The van der Waals surface area contributed by atoms with Crippen molar-refractivity contribution in [2.24, 2.45) is 0 Å². The van der Waals surface area contributed by atoms with Crippen molar-refractivity contribution in [2.45, 2.75) is 44.6 Å². The monoisotopic (exact) mass is 274 g/mol. The largest absolute Gasteiger partial charge is 0.383 e. The lowest BCUT2D eigenvalue weighted by molar-refractivity contribution is -0.00461. The van der Waals surface area contributed by atoms with Gasteiger partial charge in [-0.05, 0) is 20.8 Å².